The summed E-state index contributed by atoms with van der Waals surface area (Å²) in [5.41, 5.74) is -0.0909. The highest BCUT2D eigenvalue weighted by molar-refractivity contribution is 5.84. The quantitative estimate of drug-likeness (QED) is 0.736. The number of nitrogens with one attached hydrogen (secondary N) is 1. The summed E-state index contributed by atoms with van der Waals surface area (Å²) in [4.78, 5) is 11.8. The second kappa shape index (κ2) is 7.97. The van der Waals surface area contributed by atoms with Gasteiger partial charge < -0.3 is 15.2 Å². The van der Waals surface area contributed by atoms with Crippen LogP contribution in [0.1, 0.15) is 26.7 Å². The van der Waals surface area contributed by atoms with E-state index in [9.17, 15) is 9.90 Å². The number of fused-ring (bicyclic) bond motifs is 1. The molecule has 2 aromatic carbocycles. The molecule has 0 saturated heterocycles. The number of hydrogen-bond donors (Lipinski definition) is 2. The predicted octanol–water partition coefficient (Wildman–Crippen LogP) is 3.13. The topological polar surface area (TPSA) is 58.6 Å². The van der Waals surface area contributed by atoms with Gasteiger partial charge in [-0.1, -0.05) is 44.2 Å². The van der Waals surface area contributed by atoms with Crippen molar-refractivity contribution in [2.45, 2.75) is 26.7 Å². The van der Waals surface area contributed by atoms with E-state index in [0.29, 0.717) is 12.3 Å². The molecule has 2 aromatic rings. The fraction of sp³-hybridized carbons (Fsp3) is 0.421. The first-order valence-electron chi connectivity index (χ1n) is 7.99. The molecule has 0 saturated carbocycles. The van der Waals surface area contributed by atoms with Gasteiger partial charge in [0, 0.05) is 13.2 Å². The van der Waals surface area contributed by atoms with Crippen LogP contribution < -0.4 is 10.1 Å². The van der Waals surface area contributed by atoms with E-state index >= 15 is 0 Å². The van der Waals surface area contributed by atoms with Gasteiger partial charge in [-0.15, -0.1) is 0 Å². The molecule has 2 rings (SSSR count). The second-order valence-corrected chi connectivity index (χ2v) is 6.57. The maximum Gasteiger partial charge on any atom is 0.257 e. The van der Waals surface area contributed by atoms with Gasteiger partial charge in [-0.3, -0.25) is 4.79 Å². The Kier molecular flexibility index (Phi) is 5.99. The third kappa shape index (κ3) is 5.57. The maximum absolute atomic E-state index is 11.8. The van der Waals surface area contributed by atoms with E-state index in [1.54, 1.807) is 0 Å². The number of aliphatic hydroxyl groups is 1. The molecule has 1 amide bonds. The highest BCUT2D eigenvalue weighted by atomic mass is 16.5. The van der Waals surface area contributed by atoms with Crippen LogP contribution in [0.15, 0.2) is 42.5 Å². The third-order valence-corrected chi connectivity index (χ3v) is 3.87. The van der Waals surface area contributed by atoms with Gasteiger partial charge in [-0.25, -0.2) is 0 Å². The van der Waals surface area contributed by atoms with Crippen LogP contribution in [0.4, 0.5) is 0 Å². The Hall–Kier alpha value is -2.07. The van der Waals surface area contributed by atoms with Gasteiger partial charge >= 0.3 is 0 Å². The van der Waals surface area contributed by atoms with Crippen molar-refractivity contribution >= 4 is 16.7 Å². The first-order valence-corrected chi connectivity index (χ1v) is 7.99. The molecule has 0 fully saturated rings. The molecule has 23 heavy (non-hydrogen) atoms. The van der Waals surface area contributed by atoms with Crippen LogP contribution in [-0.2, 0) is 4.79 Å². The Balaban J connectivity index is 1.73. The molecule has 0 aliphatic carbocycles. The molecule has 0 atom stereocenters. The zero-order valence-corrected chi connectivity index (χ0v) is 13.8. The molecule has 4 heteroatoms. The highest BCUT2D eigenvalue weighted by Gasteiger charge is 2.15. The summed E-state index contributed by atoms with van der Waals surface area (Å²) < 4.78 is 5.54. The zero-order valence-electron chi connectivity index (χ0n) is 13.8. The lowest BCUT2D eigenvalue weighted by atomic mass is 9.89. The molecule has 2 N–H and O–H groups in total. The molecule has 0 unspecified atom stereocenters. The average Bonchev–Trinajstić information content (AvgIpc) is 2.56. The summed E-state index contributed by atoms with van der Waals surface area (Å²) in [7, 11) is 0. The Labute approximate surface area is 137 Å². The molecule has 0 aliphatic heterocycles. The molecule has 0 heterocycles. The Morgan fingerprint density at radius 2 is 1.91 bits per heavy atom. The fourth-order valence-corrected chi connectivity index (χ4v) is 2.33. The van der Waals surface area contributed by atoms with Crippen molar-refractivity contribution in [1.29, 1.82) is 0 Å². The molecular formula is C19H25NO3. The van der Waals surface area contributed by atoms with Crippen LogP contribution in [0.3, 0.4) is 0 Å². The maximum atomic E-state index is 11.8. The van der Waals surface area contributed by atoms with E-state index in [-0.39, 0.29) is 24.5 Å². The number of carbonyl (C=O) groups excluding carboxylic acids is 1. The number of benzene rings is 2. The smallest absolute Gasteiger partial charge is 0.257 e. The van der Waals surface area contributed by atoms with E-state index in [0.717, 1.165) is 23.6 Å². The van der Waals surface area contributed by atoms with Gasteiger partial charge in [0.25, 0.3) is 5.91 Å². The Morgan fingerprint density at radius 1 is 1.17 bits per heavy atom. The largest absolute Gasteiger partial charge is 0.484 e. The molecule has 0 aliphatic rings. The predicted molar refractivity (Wildman–Crippen MR) is 92.6 cm³/mol. The molecular weight excluding hydrogens is 290 g/mol. The summed E-state index contributed by atoms with van der Waals surface area (Å²) in [6.07, 6.45) is 1.71. The normalized spacial score (nSPS) is 11.4. The third-order valence-electron chi connectivity index (χ3n) is 3.87. The van der Waals surface area contributed by atoms with Crippen molar-refractivity contribution < 1.29 is 14.6 Å². The highest BCUT2D eigenvalue weighted by Crippen LogP contribution is 2.21. The van der Waals surface area contributed by atoms with Gasteiger partial charge in [0.2, 0.25) is 0 Å². The number of ether oxygens (including phenoxy) is 1. The molecule has 0 spiro atoms. The van der Waals surface area contributed by atoms with Crippen molar-refractivity contribution in [2.24, 2.45) is 5.41 Å². The Bertz CT molecular complexity index is 652. The van der Waals surface area contributed by atoms with E-state index in [1.807, 2.05) is 56.3 Å². The standard InChI is InChI=1S/C19H25NO3/c1-19(2,14-21)10-5-11-20-18(22)13-23-17-9-8-15-6-3-4-7-16(15)12-17/h3-4,6-9,12,21H,5,10-11,13-14H2,1-2H3,(H,20,22). The first-order chi connectivity index (χ1) is 11.0. The minimum Gasteiger partial charge on any atom is -0.484 e. The minimum atomic E-state index is -0.125. The summed E-state index contributed by atoms with van der Waals surface area (Å²) in [6, 6.07) is 13.8. The van der Waals surface area contributed by atoms with Gasteiger partial charge in [0.05, 0.1) is 0 Å². The summed E-state index contributed by atoms with van der Waals surface area (Å²) in [5, 5.41) is 14.3. The SMILES string of the molecule is CC(C)(CO)CCCNC(=O)COc1ccc2ccccc2c1. The average molecular weight is 315 g/mol. The van der Waals surface area contributed by atoms with Crippen molar-refractivity contribution in [2.75, 3.05) is 19.8 Å². The number of carbonyl (C=O) groups is 1. The van der Waals surface area contributed by atoms with Crippen LogP contribution in [0.5, 0.6) is 5.75 Å². The van der Waals surface area contributed by atoms with E-state index < -0.39 is 0 Å². The van der Waals surface area contributed by atoms with E-state index in [4.69, 9.17) is 4.74 Å². The fourth-order valence-electron chi connectivity index (χ4n) is 2.33. The summed E-state index contributed by atoms with van der Waals surface area (Å²) in [5.74, 6) is 0.570. The van der Waals surface area contributed by atoms with Crippen molar-refractivity contribution in [3.8, 4) is 5.75 Å². The summed E-state index contributed by atoms with van der Waals surface area (Å²) in [6.45, 7) is 4.80. The van der Waals surface area contributed by atoms with Gasteiger partial charge in [-0.2, -0.15) is 0 Å². The number of aliphatic hydroxyl groups excluding tert-OH is 1. The van der Waals surface area contributed by atoms with Gasteiger partial charge in [-0.05, 0) is 41.2 Å². The lowest BCUT2D eigenvalue weighted by Crippen LogP contribution is -2.30. The van der Waals surface area contributed by atoms with Crippen molar-refractivity contribution in [3.05, 3.63) is 42.5 Å². The molecule has 4 nitrogen and oxygen atoms in total. The first kappa shape index (κ1) is 17.3. The van der Waals surface area contributed by atoms with E-state index in [2.05, 4.69) is 5.32 Å². The molecule has 0 radical (unpaired) electrons. The second-order valence-electron chi connectivity index (χ2n) is 6.57. The molecule has 0 bridgehead atoms. The van der Waals surface area contributed by atoms with Crippen LogP contribution >= 0.6 is 0 Å². The van der Waals surface area contributed by atoms with Crippen LogP contribution in [-0.4, -0.2) is 30.8 Å². The number of hydrogen-bond acceptors (Lipinski definition) is 3. The lowest BCUT2D eigenvalue weighted by Gasteiger charge is -2.21. The lowest BCUT2D eigenvalue weighted by molar-refractivity contribution is -0.123. The zero-order chi connectivity index (χ0) is 16.7. The minimum absolute atomic E-state index is 0.0156. The van der Waals surface area contributed by atoms with E-state index in [1.165, 1.54) is 0 Å². The van der Waals surface area contributed by atoms with Crippen LogP contribution in [0.2, 0.25) is 0 Å². The number of amides is 1. The summed E-state index contributed by atoms with van der Waals surface area (Å²) >= 11 is 0. The van der Waals surface area contributed by atoms with Crippen LogP contribution in [0.25, 0.3) is 10.8 Å². The molecule has 124 valence electrons. The monoisotopic (exact) mass is 315 g/mol. The Morgan fingerprint density at radius 3 is 2.65 bits per heavy atom. The van der Waals surface area contributed by atoms with Crippen molar-refractivity contribution in [1.82, 2.24) is 5.32 Å². The molecule has 0 aromatic heterocycles. The van der Waals surface area contributed by atoms with Crippen molar-refractivity contribution in [3.63, 3.8) is 0 Å². The van der Waals surface area contributed by atoms with Gasteiger partial charge in [0.15, 0.2) is 6.61 Å². The van der Waals surface area contributed by atoms with Crippen LogP contribution in [0, 0.1) is 5.41 Å². The van der Waals surface area contributed by atoms with Gasteiger partial charge in [0.1, 0.15) is 5.75 Å². The number of rotatable bonds is 8.